The summed E-state index contributed by atoms with van der Waals surface area (Å²) in [6.07, 6.45) is 2.01. The molecule has 88 valence electrons. The van der Waals surface area contributed by atoms with Crippen LogP contribution < -0.4 is 10.6 Å². The summed E-state index contributed by atoms with van der Waals surface area (Å²) in [4.78, 5) is 2.19. The Labute approximate surface area is 96.9 Å². The number of aliphatic hydroxyl groups is 1. The predicted octanol–water partition coefficient (Wildman–Crippen LogP) is 0.929. The van der Waals surface area contributed by atoms with E-state index in [0.29, 0.717) is 0 Å². The minimum Gasteiger partial charge on any atom is -0.395 e. The highest BCUT2D eigenvalue weighted by molar-refractivity contribution is 5.60. The Balaban J connectivity index is 2.27. The number of likely N-dealkylation sites (N-methyl/N-ethyl adjacent to an activating group) is 1. The number of aliphatic hydroxyl groups excluding tert-OH is 1. The van der Waals surface area contributed by atoms with Gasteiger partial charge < -0.3 is 15.7 Å². The summed E-state index contributed by atoms with van der Waals surface area (Å²) in [5, 5.41) is 9.14. The van der Waals surface area contributed by atoms with Crippen LogP contribution in [0.25, 0.3) is 0 Å². The standard InChI is InChI=1S/C13H20N2O/c1-3-9-4-5-12-10(6-9)7-13(15(12)2)11(14)8-16/h4-6,11,13,16H,3,7-8,14H2,1-2H3. The van der Waals surface area contributed by atoms with Crippen LogP contribution >= 0.6 is 0 Å². The van der Waals surface area contributed by atoms with E-state index in [-0.39, 0.29) is 18.7 Å². The van der Waals surface area contributed by atoms with Gasteiger partial charge in [-0.3, -0.25) is 0 Å². The van der Waals surface area contributed by atoms with Crippen molar-refractivity contribution >= 4 is 5.69 Å². The molecule has 0 bridgehead atoms. The van der Waals surface area contributed by atoms with Crippen LogP contribution in [0, 0.1) is 0 Å². The highest BCUT2D eigenvalue weighted by atomic mass is 16.3. The van der Waals surface area contributed by atoms with Crippen LogP contribution in [0.2, 0.25) is 0 Å². The molecule has 3 nitrogen and oxygen atoms in total. The number of fused-ring (bicyclic) bond motifs is 1. The summed E-state index contributed by atoms with van der Waals surface area (Å²) in [7, 11) is 2.05. The number of nitrogens with two attached hydrogens (primary N) is 1. The topological polar surface area (TPSA) is 49.5 Å². The molecule has 0 aliphatic carbocycles. The van der Waals surface area contributed by atoms with E-state index >= 15 is 0 Å². The molecule has 1 aromatic rings. The van der Waals surface area contributed by atoms with Crippen molar-refractivity contribution in [3.8, 4) is 0 Å². The predicted molar refractivity (Wildman–Crippen MR) is 66.8 cm³/mol. The molecule has 16 heavy (non-hydrogen) atoms. The SMILES string of the molecule is CCc1ccc2c(c1)CC(C(N)CO)N2C. The Bertz CT molecular complexity index is 378. The van der Waals surface area contributed by atoms with Gasteiger partial charge in [-0.25, -0.2) is 0 Å². The number of aryl methyl sites for hydroxylation is 1. The molecule has 0 radical (unpaired) electrons. The van der Waals surface area contributed by atoms with Crippen LogP contribution in [0.5, 0.6) is 0 Å². The largest absolute Gasteiger partial charge is 0.395 e. The molecule has 2 rings (SSSR count). The van der Waals surface area contributed by atoms with E-state index in [1.165, 1.54) is 16.8 Å². The fourth-order valence-corrected chi connectivity index (χ4v) is 2.47. The first-order chi connectivity index (χ1) is 7.67. The number of anilines is 1. The number of hydrogen-bond donors (Lipinski definition) is 2. The molecule has 1 aromatic carbocycles. The van der Waals surface area contributed by atoms with Gasteiger partial charge in [-0.1, -0.05) is 19.1 Å². The minimum atomic E-state index is -0.164. The second-order valence-corrected chi connectivity index (χ2v) is 4.55. The van der Waals surface area contributed by atoms with Crippen LogP contribution in [0.1, 0.15) is 18.1 Å². The van der Waals surface area contributed by atoms with Gasteiger partial charge in [-0.2, -0.15) is 0 Å². The average Bonchev–Trinajstić information content (AvgIpc) is 2.65. The third kappa shape index (κ3) is 1.81. The maximum absolute atomic E-state index is 9.14. The first kappa shape index (κ1) is 11.4. The molecule has 0 amide bonds. The van der Waals surface area contributed by atoms with Crippen molar-refractivity contribution in [2.75, 3.05) is 18.6 Å². The monoisotopic (exact) mass is 220 g/mol. The van der Waals surface area contributed by atoms with E-state index in [1.807, 2.05) is 0 Å². The number of nitrogens with zero attached hydrogens (tertiary/aromatic N) is 1. The first-order valence-electron chi connectivity index (χ1n) is 5.88. The fraction of sp³-hybridized carbons (Fsp3) is 0.538. The molecule has 3 N–H and O–H groups in total. The lowest BCUT2D eigenvalue weighted by molar-refractivity contribution is 0.249. The van der Waals surface area contributed by atoms with Crippen molar-refractivity contribution in [1.29, 1.82) is 0 Å². The minimum absolute atomic E-state index is 0.0453. The van der Waals surface area contributed by atoms with Gasteiger partial charge in [0.05, 0.1) is 12.6 Å². The van der Waals surface area contributed by atoms with Crippen molar-refractivity contribution in [3.05, 3.63) is 29.3 Å². The average molecular weight is 220 g/mol. The maximum atomic E-state index is 9.14. The quantitative estimate of drug-likeness (QED) is 0.796. The van der Waals surface area contributed by atoms with E-state index < -0.39 is 0 Å². The molecule has 0 saturated heterocycles. The van der Waals surface area contributed by atoms with E-state index in [0.717, 1.165) is 12.8 Å². The van der Waals surface area contributed by atoms with Crippen LogP contribution in [0.15, 0.2) is 18.2 Å². The summed E-state index contributed by atoms with van der Waals surface area (Å²) >= 11 is 0. The Hall–Kier alpha value is -1.06. The normalized spacial score (nSPS) is 21.0. The molecular weight excluding hydrogens is 200 g/mol. The lowest BCUT2D eigenvalue weighted by Gasteiger charge is -2.26. The number of hydrogen-bond acceptors (Lipinski definition) is 3. The Morgan fingerprint density at radius 3 is 2.94 bits per heavy atom. The molecular formula is C13H20N2O. The van der Waals surface area contributed by atoms with Gasteiger partial charge in [-0.05, 0) is 30.0 Å². The highest BCUT2D eigenvalue weighted by Crippen LogP contribution is 2.32. The van der Waals surface area contributed by atoms with Gasteiger partial charge in [0.15, 0.2) is 0 Å². The molecule has 0 aromatic heterocycles. The molecule has 1 aliphatic rings. The molecule has 0 saturated carbocycles. The Kier molecular flexibility index (Phi) is 3.17. The molecule has 1 aliphatic heterocycles. The molecule has 1 heterocycles. The van der Waals surface area contributed by atoms with E-state index in [9.17, 15) is 0 Å². The van der Waals surface area contributed by atoms with Gasteiger partial charge in [0.1, 0.15) is 0 Å². The van der Waals surface area contributed by atoms with Gasteiger partial charge in [0.25, 0.3) is 0 Å². The van der Waals surface area contributed by atoms with Gasteiger partial charge in [0.2, 0.25) is 0 Å². The Morgan fingerprint density at radius 1 is 1.56 bits per heavy atom. The fourth-order valence-electron chi connectivity index (χ4n) is 2.47. The summed E-state index contributed by atoms with van der Waals surface area (Å²) in [5.74, 6) is 0. The zero-order valence-electron chi connectivity index (χ0n) is 9.98. The van der Waals surface area contributed by atoms with E-state index in [2.05, 4.69) is 37.1 Å². The summed E-state index contributed by atoms with van der Waals surface area (Å²) in [5.41, 5.74) is 9.91. The van der Waals surface area contributed by atoms with Gasteiger partial charge in [-0.15, -0.1) is 0 Å². The van der Waals surface area contributed by atoms with Gasteiger partial charge >= 0.3 is 0 Å². The second kappa shape index (κ2) is 4.44. The van der Waals surface area contributed by atoms with Crippen molar-refractivity contribution in [1.82, 2.24) is 0 Å². The summed E-state index contributed by atoms with van der Waals surface area (Å²) in [6, 6.07) is 6.66. The smallest absolute Gasteiger partial charge is 0.0602 e. The van der Waals surface area contributed by atoms with Gasteiger partial charge in [0, 0.05) is 18.8 Å². The lowest BCUT2D eigenvalue weighted by Crippen LogP contribution is -2.46. The molecule has 3 heteroatoms. The van der Waals surface area contributed by atoms with Crippen molar-refractivity contribution < 1.29 is 5.11 Å². The zero-order valence-corrected chi connectivity index (χ0v) is 9.98. The third-order valence-corrected chi connectivity index (χ3v) is 3.56. The van der Waals surface area contributed by atoms with Crippen LogP contribution in [0.4, 0.5) is 5.69 Å². The van der Waals surface area contributed by atoms with Crippen LogP contribution in [-0.2, 0) is 12.8 Å². The van der Waals surface area contributed by atoms with Crippen molar-refractivity contribution in [2.24, 2.45) is 5.73 Å². The number of benzene rings is 1. The Morgan fingerprint density at radius 2 is 2.31 bits per heavy atom. The maximum Gasteiger partial charge on any atom is 0.0602 e. The van der Waals surface area contributed by atoms with E-state index in [4.69, 9.17) is 10.8 Å². The first-order valence-corrected chi connectivity index (χ1v) is 5.88. The van der Waals surface area contributed by atoms with Crippen molar-refractivity contribution in [2.45, 2.75) is 31.8 Å². The van der Waals surface area contributed by atoms with Crippen molar-refractivity contribution in [3.63, 3.8) is 0 Å². The highest BCUT2D eigenvalue weighted by Gasteiger charge is 2.30. The lowest BCUT2D eigenvalue weighted by atomic mass is 10.0. The molecule has 0 spiro atoms. The zero-order chi connectivity index (χ0) is 11.7. The molecule has 2 unspecified atom stereocenters. The van der Waals surface area contributed by atoms with Crippen LogP contribution in [-0.4, -0.2) is 30.8 Å². The molecule has 2 atom stereocenters. The number of rotatable bonds is 3. The van der Waals surface area contributed by atoms with E-state index in [1.54, 1.807) is 0 Å². The summed E-state index contributed by atoms with van der Waals surface area (Å²) in [6.45, 7) is 2.21. The molecule has 0 fully saturated rings. The second-order valence-electron chi connectivity index (χ2n) is 4.55. The summed E-state index contributed by atoms with van der Waals surface area (Å²) < 4.78 is 0. The van der Waals surface area contributed by atoms with Crippen LogP contribution in [0.3, 0.4) is 0 Å². The third-order valence-electron chi connectivity index (χ3n) is 3.56.